The van der Waals surface area contributed by atoms with Crippen LogP contribution in [0.25, 0.3) is 0 Å². The number of carbonyl (C=O) groups is 1. The molecule has 1 aromatic rings. The molecule has 0 saturated heterocycles. The number of benzene rings is 1. The van der Waals surface area contributed by atoms with Crippen LogP contribution < -0.4 is 22.1 Å². The molecule has 82 valence electrons. The van der Waals surface area contributed by atoms with E-state index in [2.05, 4.69) is 10.6 Å². The molecule has 0 bridgehead atoms. The summed E-state index contributed by atoms with van der Waals surface area (Å²) < 4.78 is 0. The summed E-state index contributed by atoms with van der Waals surface area (Å²) in [4.78, 5) is 10.6. The average Bonchev–Trinajstić information content (AvgIpc) is 2.09. The second kappa shape index (κ2) is 4.63. The van der Waals surface area contributed by atoms with Crippen LogP contribution in [0.15, 0.2) is 18.2 Å². The standard InChI is InChI=1S/C9H14N4O2/c1-5-2-3-6(12-8(10)14)4-7(5)13-9(11)15/h2-4,9,13,15H,11H2,1H3,(H3,10,12,14). The fraction of sp³-hybridized carbons (Fsp3) is 0.222. The molecule has 0 saturated carbocycles. The molecule has 0 aliphatic rings. The summed E-state index contributed by atoms with van der Waals surface area (Å²) >= 11 is 0. The molecule has 1 rings (SSSR count). The number of aliphatic hydroxyl groups excluding tert-OH is 1. The second-order valence-electron chi connectivity index (χ2n) is 3.11. The first-order valence-corrected chi connectivity index (χ1v) is 4.36. The maximum absolute atomic E-state index is 10.6. The van der Waals surface area contributed by atoms with Gasteiger partial charge < -0.3 is 21.5 Å². The van der Waals surface area contributed by atoms with Crippen molar-refractivity contribution in [2.75, 3.05) is 10.6 Å². The predicted molar refractivity (Wildman–Crippen MR) is 58.2 cm³/mol. The van der Waals surface area contributed by atoms with E-state index in [0.717, 1.165) is 5.56 Å². The first-order chi connectivity index (χ1) is 6.99. The first-order valence-electron chi connectivity index (χ1n) is 4.36. The molecule has 7 N–H and O–H groups in total. The molecule has 0 heterocycles. The molecule has 1 unspecified atom stereocenters. The molecule has 0 fully saturated rings. The Kier molecular flexibility index (Phi) is 3.48. The molecule has 1 aromatic carbocycles. The summed E-state index contributed by atoms with van der Waals surface area (Å²) in [5.41, 5.74) is 12.2. The average molecular weight is 210 g/mol. The normalized spacial score (nSPS) is 11.9. The number of nitrogens with one attached hydrogen (secondary N) is 2. The minimum absolute atomic E-state index is 0.538. The summed E-state index contributed by atoms with van der Waals surface area (Å²) in [7, 11) is 0. The van der Waals surface area contributed by atoms with E-state index in [0.29, 0.717) is 11.4 Å². The van der Waals surface area contributed by atoms with E-state index in [1.807, 2.05) is 6.92 Å². The number of nitrogens with two attached hydrogens (primary N) is 2. The molecule has 0 aliphatic carbocycles. The van der Waals surface area contributed by atoms with Crippen LogP contribution in [0.1, 0.15) is 5.56 Å². The van der Waals surface area contributed by atoms with Crippen LogP contribution in [0, 0.1) is 6.92 Å². The maximum atomic E-state index is 10.6. The molecule has 15 heavy (non-hydrogen) atoms. The number of urea groups is 1. The number of hydrogen-bond donors (Lipinski definition) is 5. The summed E-state index contributed by atoms with van der Waals surface area (Å²) in [6.07, 6.45) is -1.15. The van der Waals surface area contributed by atoms with Gasteiger partial charge in [-0.3, -0.25) is 5.73 Å². The van der Waals surface area contributed by atoms with Gasteiger partial charge in [-0.15, -0.1) is 0 Å². The lowest BCUT2D eigenvalue weighted by Gasteiger charge is -2.13. The molecule has 2 amide bonds. The Balaban J connectivity index is 2.89. The minimum Gasteiger partial charge on any atom is -0.361 e. The van der Waals surface area contributed by atoms with Crippen LogP contribution in [-0.4, -0.2) is 17.5 Å². The van der Waals surface area contributed by atoms with Crippen LogP contribution in [0.4, 0.5) is 16.2 Å². The lowest BCUT2D eigenvalue weighted by Crippen LogP contribution is -2.29. The van der Waals surface area contributed by atoms with E-state index in [-0.39, 0.29) is 0 Å². The van der Waals surface area contributed by atoms with E-state index in [9.17, 15) is 4.79 Å². The van der Waals surface area contributed by atoms with Gasteiger partial charge in [-0.25, -0.2) is 4.79 Å². The van der Waals surface area contributed by atoms with Crippen molar-refractivity contribution in [3.8, 4) is 0 Å². The molecule has 1 atom stereocenters. The van der Waals surface area contributed by atoms with Crippen LogP contribution in [0.5, 0.6) is 0 Å². The van der Waals surface area contributed by atoms with Gasteiger partial charge >= 0.3 is 6.03 Å². The minimum atomic E-state index is -1.15. The van der Waals surface area contributed by atoms with Gasteiger partial charge in [-0.2, -0.15) is 0 Å². The van der Waals surface area contributed by atoms with Gasteiger partial charge in [-0.05, 0) is 24.6 Å². The predicted octanol–water partition coefficient (Wildman–Crippen LogP) is 0.132. The van der Waals surface area contributed by atoms with Gasteiger partial charge in [0.25, 0.3) is 0 Å². The zero-order valence-electron chi connectivity index (χ0n) is 8.32. The smallest absolute Gasteiger partial charge is 0.316 e. The van der Waals surface area contributed by atoms with Crippen molar-refractivity contribution < 1.29 is 9.90 Å². The molecule has 0 aliphatic heterocycles. The third kappa shape index (κ3) is 3.45. The van der Waals surface area contributed by atoms with Crippen molar-refractivity contribution in [1.29, 1.82) is 0 Å². The summed E-state index contributed by atoms with van der Waals surface area (Å²) in [6.45, 7) is 1.85. The fourth-order valence-electron chi connectivity index (χ4n) is 1.16. The van der Waals surface area contributed by atoms with Crippen molar-refractivity contribution in [2.24, 2.45) is 11.5 Å². The van der Waals surface area contributed by atoms with Crippen LogP contribution in [-0.2, 0) is 0 Å². The molecule has 6 heteroatoms. The van der Waals surface area contributed by atoms with Crippen LogP contribution >= 0.6 is 0 Å². The van der Waals surface area contributed by atoms with Gasteiger partial charge in [0.2, 0.25) is 0 Å². The topological polar surface area (TPSA) is 113 Å². The molecule has 0 aromatic heterocycles. The molecule has 6 nitrogen and oxygen atoms in total. The maximum Gasteiger partial charge on any atom is 0.316 e. The van der Waals surface area contributed by atoms with Crippen molar-refractivity contribution in [3.05, 3.63) is 23.8 Å². The monoisotopic (exact) mass is 210 g/mol. The molecule has 0 spiro atoms. The molecular weight excluding hydrogens is 196 g/mol. The number of aryl methyl sites for hydroxylation is 1. The Bertz CT molecular complexity index is 365. The number of rotatable bonds is 3. The highest BCUT2D eigenvalue weighted by atomic mass is 16.3. The number of amides is 2. The van der Waals surface area contributed by atoms with Crippen molar-refractivity contribution in [1.82, 2.24) is 0 Å². The zero-order chi connectivity index (χ0) is 11.4. The van der Waals surface area contributed by atoms with Gasteiger partial charge in [-0.1, -0.05) is 6.07 Å². The second-order valence-corrected chi connectivity index (χ2v) is 3.11. The van der Waals surface area contributed by atoms with Gasteiger partial charge in [0.1, 0.15) is 0 Å². The van der Waals surface area contributed by atoms with Crippen LogP contribution in [0.3, 0.4) is 0 Å². The van der Waals surface area contributed by atoms with Crippen molar-refractivity contribution in [3.63, 3.8) is 0 Å². The number of hydrogen-bond acceptors (Lipinski definition) is 4. The number of aliphatic hydroxyl groups is 1. The third-order valence-electron chi connectivity index (χ3n) is 1.81. The van der Waals surface area contributed by atoms with E-state index in [4.69, 9.17) is 16.6 Å². The molecule has 0 radical (unpaired) electrons. The van der Waals surface area contributed by atoms with E-state index < -0.39 is 12.4 Å². The largest absolute Gasteiger partial charge is 0.361 e. The highest BCUT2D eigenvalue weighted by Crippen LogP contribution is 2.20. The Morgan fingerprint density at radius 1 is 1.53 bits per heavy atom. The van der Waals surface area contributed by atoms with E-state index in [1.54, 1.807) is 18.2 Å². The summed E-state index contributed by atoms with van der Waals surface area (Å²) in [5.74, 6) is 0. The van der Waals surface area contributed by atoms with Crippen molar-refractivity contribution in [2.45, 2.75) is 13.3 Å². The SMILES string of the molecule is Cc1ccc(NC(N)=O)cc1NC(N)O. The number of primary amides is 1. The fourth-order valence-corrected chi connectivity index (χ4v) is 1.16. The van der Waals surface area contributed by atoms with Gasteiger partial charge in [0.15, 0.2) is 6.35 Å². The van der Waals surface area contributed by atoms with E-state index in [1.165, 1.54) is 0 Å². The van der Waals surface area contributed by atoms with E-state index >= 15 is 0 Å². The van der Waals surface area contributed by atoms with Crippen LogP contribution in [0.2, 0.25) is 0 Å². The Hall–Kier alpha value is -1.79. The van der Waals surface area contributed by atoms with Gasteiger partial charge in [0.05, 0.1) is 0 Å². The molecular formula is C9H14N4O2. The van der Waals surface area contributed by atoms with Crippen molar-refractivity contribution >= 4 is 17.4 Å². The third-order valence-corrected chi connectivity index (χ3v) is 1.81. The highest BCUT2D eigenvalue weighted by molar-refractivity contribution is 5.88. The number of anilines is 2. The quantitative estimate of drug-likeness (QED) is 0.456. The Morgan fingerprint density at radius 2 is 2.20 bits per heavy atom. The Morgan fingerprint density at radius 3 is 2.73 bits per heavy atom. The van der Waals surface area contributed by atoms with Gasteiger partial charge in [0, 0.05) is 11.4 Å². The lowest BCUT2D eigenvalue weighted by molar-refractivity contribution is 0.212. The summed E-state index contributed by atoms with van der Waals surface area (Å²) in [5, 5.41) is 14.0. The zero-order valence-corrected chi connectivity index (χ0v) is 8.32. The lowest BCUT2D eigenvalue weighted by atomic mass is 10.2. The summed E-state index contributed by atoms with van der Waals surface area (Å²) in [6, 6.07) is 4.47. The Labute approximate surface area is 87.3 Å². The number of carbonyl (C=O) groups excluding carboxylic acids is 1. The highest BCUT2D eigenvalue weighted by Gasteiger charge is 2.03. The first kappa shape index (κ1) is 11.3.